The lowest BCUT2D eigenvalue weighted by atomic mass is 10.1. The fourth-order valence-corrected chi connectivity index (χ4v) is 2.50. The Morgan fingerprint density at radius 1 is 1.14 bits per heavy atom. The minimum atomic E-state index is -0.312. The van der Waals surface area contributed by atoms with Gasteiger partial charge in [0, 0.05) is 11.7 Å². The summed E-state index contributed by atoms with van der Waals surface area (Å²) in [7, 11) is 0. The van der Waals surface area contributed by atoms with Gasteiger partial charge in [-0.2, -0.15) is 0 Å². The number of urea groups is 1. The highest BCUT2D eigenvalue weighted by Crippen LogP contribution is 2.21. The van der Waals surface area contributed by atoms with Crippen molar-refractivity contribution in [1.82, 2.24) is 10.6 Å². The molecule has 0 aliphatic heterocycles. The van der Waals surface area contributed by atoms with Crippen LogP contribution in [0, 0.1) is 20.8 Å². The van der Waals surface area contributed by atoms with Gasteiger partial charge in [0.15, 0.2) is 0 Å². The molecule has 0 fully saturated rings. The second-order valence-corrected chi connectivity index (χ2v) is 5.84. The summed E-state index contributed by atoms with van der Waals surface area (Å²) < 4.78 is 0. The van der Waals surface area contributed by atoms with Crippen molar-refractivity contribution in [3.63, 3.8) is 0 Å². The summed E-state index contributed by atoms with van der Waals surface area (Å²) in [6, 6.07) is 3.84. The smallest absolute Gasteiger partial charge is 0.315 e. The number of rotatable bonds is 6. The maximum Gasteiger partial charge on any atom is 0.315 e. The minimum absolute atomic E-state index is 0.0442. The number of benzene rings is 1. The number of hydrogen-bond donors (Lipinski definition) is 3. The molecule has 0 saturated carbocycles. The number of anilines is 1. The van der Waals surface area contributed by atoms with Crippen molar-refractivity contribution in [2.24, 2.45) is 0 Å². The summed E-state index contributed by atoms with van der Waals surface area (Å²) in [4.78, 5) is 23.6. The lowest BCUT2D eigenvalue weighted by molar-refractivity contribution is -0.115. The Morgan fingerprint density at radius 2 is 1.73 bits per heavy atom. The van der Waals surface area contributed by atoms with Gasteiger partial charge in [0.25, 0.3) is 0 Å². The molecule has 0 radical (unpaired) electrons. The molecule has 0 bridgehead atoms. The largest absolute Gasteiger partial charge is 0.336 e. The molecule has 1 aromatic rings. The van der Waals surface area contributed by atoms with Crippen LogP contribution in [0.15, 0.2) is 12.1 Å². The van der Waals surface area contributed by atoms with E-state index in [4.69, 9.17) is 0 Å². The first-order valence-electron chi connectivity index (χ1n) is 7.75. The molecule has 1 aromatic carbocycles. The summed E-state index contributed by atoms with van der Waals surface area (Å²) >= 11 is 0. The molecule has 122 valence electrons. The van der Waals surface area contributed by atoms with E-state index >= 15 is 0 Å². The normalized spacial score (nSPS) is 11.7. The fraction of sp³-hybridized carbons (Fsp3) is 0.529. The van der Waals surface area contributed by atoms with E-state index in [9.17, 15) is 9.59 Å². The standard InChI is InChI=1S/C17H27N3O2/c1-6-7-14(5)19-17(22)18-10-15(21)20-16-12(3)8-11(2)9-13(16)4/h8-9,14H,6-7,10H2,1-5H3,(H,20,21)(H2,18,19,22)/t14-/m0/s1. The SMILES string of the molecule is CCC[C@H](C)NC(=O)NCC(=O)Nc1c(C)cc(C)cc1C. The Labute approximate surface area is 132 Å². The van der Waals surface area contributed by atoms with Gasteiger partial charge in [0.2, 0.25) is 5.91 Å². The van der Waals surface area contributed by atoms with Gasteiger partial charge in [0.1, 0.15) is 0 Å². The fourth-order valence-electron chi connectivity index (χ4n) is 2.50. The van der Waals surface area contributed by atoms with Crippen molar-refractivity contribution in [3.05, 3.63) is 28.8 Å². The number of carbonyl (C=O) groups is 2. The Bertz CT molecular complexity index is 518. The van der Waals surface area contributed by atoms with Gasteiger partial charge in [0.05, 0.1) is 6.54 Å². The third-order valence-corrected chi connectivity index (χ3v) is 3.45. The van der Waals surface area contributed by atoms with E-state index in [-0.39, 0.29) is 24.5 Å². The van der Waals surface area contributed by atoms with Gasteiger partial charge < -0.3 is 16.0 Å². The molecule has 22 heavy (non-hydrogen) atoms. The van der Waals surface area contributed by atoms with Crippen LogP contribution >= 0.6 is 0 Å². The van der Waals surface area contributed by atoms with Gasteiger partial charge in [-0.15, -0.1) is 0 Å². The number of amides is 3. The van der Waals surface area contributed by atoms with Gasteiger partial charge in [-0.3, -0.25) is 4.79 Å². The number of aryl methyl sites for hydroxylation is 3. The van der Waals surface area contributed by atoms with Crippen LogP contribution in [-0.2, 0) is 4.79 Å². The topological polar surface area (TPSA) is 70.2 Å². The molecule has 1 rings (SSSR count). The predicted octanol–water partition coefficient (Wildman–Crippen LogP) is 3.04. The van der Waals surface area contributed by atoms with Crippen molar-refractivity contribution in [1.29, 1.82) is 0 Å². The van der Waals surface area contributed by atoms with E-state index in [1.807, 2.05) is 39.8 Å². The Morgan fingerprint density at radius 3 is 2.27 bits per heavy atom. The van der Waals surface area contributed by atoms with Crippen molar-refractivity contribution in [2.75, 3.05) is 11.9 Å². The molecular weight excluding hydrogens is 278 g/mol. The third-order valence-electron chi connectivity index (χ3n) is 3.45. The average Bonchev–Trinajstić information content (AvgIpc) is 2.40. The van der Waals surface area contributed by atoms with E-state index in [0.717, 1.165) is 35.2 Å². The van der Waals surface area contributed by atoms with Gasteiger partial charge >= 0.3 is 6.03 Å². The van der Waals surface area contributed by atoms with Crippen LogP contribution in [0.1, 0.15) is 43.4 Å². The van der Waals surface area contributed by atoms with Crippen molar-refractivity contribution in [2.45, 2.75) is 53.5 Å². The van der Waals surface area contributed by atoms with Crippen LogP contribution in [0.3, 0.4) is 0 Å². The zero-order valence-corrected chi connectivity index (χ0v) is 14.2. The summed E-state index contributed by atoms with van der Waals surface area (Å²) in [5.74, 6) is -0.228. The van der Waals surface area contributed by atoms with Gasteiger partial charge in [-0.05, 0) is 45.2 Å². The van der Waals surface area contributed by atoms with Crippen LogP contribution in [-0.4, -0.2) is 24.5 Å². The summed E-state index contributed by atoms with van der Waals surface area (Å²) in [5, 5.41) is 8.24. The van der Waals surface area contributed by atoms with Crippen LogP contribution in [0.2, 0.25) is 0 Å². The van der Waals surface area contributed by atoms with Gasteiger partial charge in [-0.1, -0.05) is 31.0 Å². The summed E-state index contributed by atoms with van der Waals surface area (Å²) in [5.41, 5.74) is 4.02. The van der Waals surface area contributed by atoms with Crippen LogP contribution < -0.4 is 16.0 Å². The number of hydrogen-bond acceptors (Lipinski definition) is 2. The second-order valence-electron chi connectivity index (χ2n) is 5.84. The first kappa shape index (κ1) is 18.0. The Balaban J connectivity index is 2.49. The maximum atomic E-state index is 12.0. The Hall–Kier alpha value is -2.04. The van der Waals surface area contributed by atoms with E-state index in [2.05, 4.69) is 22.9 Å². The average molecular weight is 305 g/mol. The zero-order chi connectivity index (χ0) is 16.7. The highest BCUT2D eigenvalue weighted by atomic mass is 16.2. The molecule has 5 heteroatoms. The molecular formula is C17H27N3O2. The highest BCUT2D eigenvalue weighted by Gasteiger charge is 2.10. The van der Waals surface area contributed by atoms with Crippen LogP contribution in [0.25, 0.3) is 0 Å². The van der Waals surface area contributed by atoms with E-state index < -0.39 is 0 Å². The maximum absolute atomic E-state index is 12.0. The van der Waals surface area contributed by atoms with Gasteiger partial charge in [-0.25, -0.2) is 4.79 Å². The summed E-state index contributed by atoms with van der Waals surface area (Å²) in [6.07, 6.45) is 1.93. The van der Waals surface area contributed by atoms with Crippen molar-refractivity contribution < 1.29 is 9.59 Å². The quantitative estimate of drug-likeness (QED) is 0.756. The van der Waals surface area contributed by atoms with Crippen molar-refractivity contribution >= 4 is 17.6 Å². The lowest BCUT2D eigenvalue weighted by Crippen LogP contribution is -2.43. The molecule has 1 atom stereocenters. The third kappa shape index (κ3) is 5.76. The second kappa shape index (κ2) is 8.41. The first-order chi connectivity index (χ1) is 10.3. The molecule has 0 aliphatic carbocycles. The molecule has 3 N–H and O–H groups in total. The zero-order valence-electron chi connectivity index (χ0n) is 14.2. The van der Waals surface area contributed by atoms with Crippen LogP contribution in [0.5, 0.6) is 0 Å². The minimum Gasteiger partial charge on any atom is -0.336 e. The highest BCUT2D eigenvalue weighted by molar-refractivity contribution is 5.95. The number of carbonyl (C=O) groups excluding carboxylic acids is 2. The van der Waals surface area contributed by atoms with E-state index in [1.54, 1.807) is 0 Å². The summed E-state index contributed by atoms with van der Waals surface area (Å²) in [6.45, 7) is 9.91. The van der Waals surface area contributed by atoms with E-state index in [1.165, 1.54) is 0 Å². The molecule has 0 heterocycles. The molecule has 0 aromatic heterocycles. The predicted molar refractivity (Wildman–Crippen MR) is 90.2 cm³/mol. The molecule has 0 spiro atoms. The Kier molecular flexibility index (Phi) is 6.89. The first-order valence-corrected chi connectivity index (χ1v) is 7.75. The molecule has 5 nitrogen and oxygen atoms in total. The van der Waals surface area contributed by atoms with Crippen molar-refractivity contribution in [3.8, 4) is 0 Å². The molecule has 0 unspecified atom stereocenters. The monoisotopic (exact) mass is 305 g/mol. The molecule has 0 aliphatic rings. The molecule has 0 saturated heterocycles. The van der Waals surface area contributed by atoms with E-state index in [0.29, 0.717) is 0 Å². The number of nitrogens with one attached hydrogen (secondary N) is 3. The van der Waals surface area contributed by atoms with Crippen LogP contribution in [0.4, 0.5) is 10.5 Å². The lowest BCUT2D eigenvalue weighted by Gasteiger charge is -2.15. The molecule has 3 amide bonds.